The first-order chi connectivity index (χ1) is 14.5. The quantitative estimate of drug-likeness (QED) is 0.341. The molecule has 0 radical (unpaired) electrons. The molecule has 2 rings (SSSR count). The molecule has 0 saturated carbocycles. The third kappa shape index (κ3) is 6.74. The number of rotatable bonds is 11. The highest BCUT2D eigenvalue weighted by atomic mass is 16.5. The van der Waals surface area contributed by atoms with Gasteiger partial charge in [0, 0.05) is 5.71 Å². The van der Waals surface area contributed by atoms with Gasteiger partial charge in [-0.05, 0) is 54.0 Å². The Morgan fingerprint density at radius 2 is 1.57 bits per heavy atom. The molecule has 0 spiro atoms. The Morgan fingerprint density at radius 3 is 2.23 bits per heavy atom. The normalized spacial score (nSPS) is 10.9. The van der Waals surface area contributed by atoms with Crippen LogP contribution in [-0.4, -0.2) is 38.6 Å². The van der Waals surface area contributed by atoms with Crippen LogP contribution < -0.4 is 14.2 Å². The highest BCUT2D eigenvalue weighted by molar-refractivity contribution is 6.12. The van der Waals surface area contributed by atoms with Gasteiger partial charge in [0.2, 0.25) is 0 Å². The Bertz CT molecular complexity index is 976. The van der Waals surface area contributed by atoms with E-state index in [9.17, 15) is 9.59 Å². The molecule has 0 heterocycles. The van der Waals surface area contributed by atoms with Gasteiger partial charge in [-0.3, -0.25) is 9.59 Å². The maximum absolute atomic E-state index is 12.1. The number of ether oxygens (including phenoxy) is 3. The number of carbonyl (C=O) groups excluding carboxylic acids is 2. The molecule has 0 amide bonds. The number of ketones is 1. The summed E-state index contributed by atoms with van der Waals surface area (Å²) < 4.78 is 15.8. The smallest absolute Gasteiger partial charge is 0.161 e. The number of carbonyl (C=O) groups is 2. The first-order valence-corrected chi connectivity index (χ1v) is 9.32. The van der Waals surface area contributed by atoms with Crippen molar-refractivity contribution in [3.63, 3.8) is 0 Å². The zero-order chi connectivity index (χ0) is 21.9. The lowest BCUT2D eigenvalue weighted by Crippen LogP contribution is -2.01. The van der Waals surface area contributed by atoms with Crippen LogP contribution in [-0.2, 0) is 9.59 Å². The molecule has 0 aliphatic carbocycles. The van der Waals surface area contributed by atoms with Crippen molar-refractivity contribution in [2.75, 3.05) is 20.8 Å². The maximum Gasteiger partial charge on any atom is 0.161 e. The molecule has 0 atom stereocenters. The van der Waals surface area contributed by atoms with Crippen molar-refractivity contribution in [2.24, 2.45) is 0 Å². The Morgan fingerprint density at radius 1 is 0.933 bits per heavy atom. The summed E-state index contributed by atoms with van der Waals surface area (Å²) in [6.07, 6.45) is 7.12. The van der Waals surface area contributed by atoms with Crippen molar-refractivity contribution in [1.82, 2.24) is 0 Å². The van der Waals surface area contributed by atoms with E-state index in [4.69, 9.17) is 19.6 Å². The van der Waals surface area contributed by atoms with Gasteiger partial charge < -0.3 is 19.6 Å². The SMILES string of the molecule is COc1cc(/C=C/C(=O)CC(=N)/C=C/c2ccc(OCC=O)c(OC)c2)ccc1C. The number of methoxy groups -OCH3 is 2. The van der Waals surface area contributed by atoms with Gasteiger partial charge in [-0.15, -0.1) is 0 Å². The summed E-state index contributed by atoms with van der Waals surface area (Å²) in [5.41, 5.74) is 2.85. The third-order valence-corrected chi connectivity index (χ3v) is 4.23. The van der Waals surface area contributed by atoms with E-state index in [0.717, 1.165) is 22.4 Å². The predicted molar refractivity (Wildman–Crippen MR) is 118 cm³/mol. The molecule has 1 N–H and O–H groups in total. The van der Waals surface area contributed by atoms with E-state index in [-0.39, 0.29) is 24.5 Å². The highest BCUT2D eigenvalue weighted by Crippen LogP contribution is 2.28. The standard InChI is InChI=1S/C24H25NO5/c1-17-4-5-18(14-23(17)28-2)7-10-21(27)16-20(25)9-6-19-8-11-22(30-13-12-26)24(15-19)29-3/h4-12,14-15,25H,13,16H2,1-3H3/b9-6+,10-7+,25-20?. The number of hydrogen-bond donors (Lipinski definition) is 1. The molecule has 0 unspecified atom stereocenters. The number of allylic oxidation sites excluding steroid dienone is 2. The Balaban J connectivity index is 1.96. The fourth-order valence-electron chi connectivity index (χ4n) is 2.66. The van der Waals surface area contributed by atoms with Crippen LogP contribution in [0.1, 0.15) is 23.1 Å². The van der Waals surface area contributed by atoms with Gasteiger partial charge in [-0.2, -0.15) is 0 Å². The molecule has 0 fully saturated rings. The molecule has 6 nitrogen and oxygen atoms in total. The van der Waals surface area contributed by atoms with E-state index in [2.05, 4.69) is 0 Å². The minimum Gasteiger partial charge on any atom is -0.496 e. The molecule has 2 aromatic carbocycles. The maximum atomic E-state index is 12.1. The van der Waals surface area contributed by atoms with Gasteiger partial charge >= 0.3 is 0 Å². The van der Waals surface area contributed by atoms with E-state index in [1.807, 2.05) is 25.1 Å². The second-order valence-corrected chi connectivity index (χ2v) is 6.45. The Kier molecular flexibility index (Phi) is 8.56. The van der Waals surface area contributed by atoms with Crippen molar-refractivity contribution >= 4 is 29.9 Å². The molecule has 156 valence electrons. The van der Waals surface area contributed by atoms with Gasteiger partial charge in [0.15, 0.2) is 23.6 Å². The van der Waals surface area contributed by atoms with Crippen molar-refractivity contribution in [3.8, 4) is 17.2 Å². The predicted octanol–water partition coefficient (Wildman–Crippen LogP) is 4.30. The average Bonchev–Trinajstić information content (AvgIpc) is 2.75. The van der Waals surface area contributed by atoms with Crippen molar-refractivity contribution in [3.05, 3.63) is 65.2 Å². The lowest BCUT2D eigenvalue weighted by atomic mass is 10.1. The van der Waals surface area contributed by atoms with Crippen molar-refractivity contribution in [1.29, 1.82) is 5.41 Å². The number of aryl methyl sites for hydroxylation is 1. The van der Waals surface area contributed by atoms with Gasteiger partial charge in [0.25, 0.3) is 0 Å². The third-order valence-electron chi connectivity index (χ3n) is 4.23. The molecule has 2 aromatic rings. The summed E-state index contributed by atoms with van der Waals surface area (Å²) in [7, 11) is 3.11. The first kappa shape index (κ1) is 22.6. The van der Waals surface area contributed by atoms with E-state index in [0.29, 0.717) is 17.8 Å². The molecule has 0 saturated heterocycles. The molecule has 6 heteroatoms. The molecule has 30 heavy (non-hydrogen) atoms. The van der Waals surface area contributed by atoms with E-state index >= 15 is 0 Å². The zero-order valence-electron chi connectivity index (χ0n) is 17.3. The minimum absolute atomic E-state index is 0.00629. The van der Waals surface area contributed by atoms with Gasteiger partial charge in [0.1, 0.15) is 12.4 Å². The van der Waals surface area contributed by atoms with Gasteiger partial charge in [-0.1, -0.05) is 30.4 Å². The van der Waals surface area contributed by atoms with Crippen LogP contribution in [0.3, 0.4) is 0 Å². The summed E-state index contributed by atoms with van der Waals surface area (Å²) in [5.74, 6) is 1.54. The second-order valence-electron chi connectivity index (χ2n) is 6.45. The van der Waals surface area contributed by atoms with Gasteiger partial charge in [-0.25, -0.2) is 0 Å². The summed E-state index contributed by atoms with van der Waals surface area (Å²) in [4.78, 5) is 22.6. The lowest BCUT2D eigenvalue weighted by Gasteiger charge is -2.09. The van der Waals surface area contributed by atoms with Crippen LogP contribution in [0.25, 0.3) is 12.2 Å². The highest BCUT2D eigenvalue weighted by Gasteiger charge is 2.05. The number of benzene rings is 2. The number of aldehydes is 1. The van der Waals surface area contributed by atoms with E-state index in [1.165, 1.54) is 13.2 Å². The Labute approximate surface area is 176 Å². The summed E-state index contributed by atoms with van der Waals surface area (Å²) in [6, 6.07) is 10.9. The first-order valence-electron chi connectivity index (χ1n) is 9.32. The van der Waals surface area contributed by atoms with Crippen LogP contribution in [0.15, 0.2) is 48.6 Å². The van der Waals surface area contributed by atoms with Crippen LogP contribution in [0.4, 0.5) is 0 Å². The van der Waals surface area contributed by atoms with Crippen LogP contribution in [0.5, 0.6) is 17.2 Å². The zero-order valence-corrected chi connectivity index (χ0v) is 17.3. The molecular formula is C24H25NO5. The largest absolute Gasteiger partial charge is 0.496 e. The topological polar surface area (TPSA) is 85.7 Å². The van der Waals surface area contributed by atoms with Crippen LogP contribution in [0, 0.1) is 12.3 Å². The van der Waals surface area contributed by atoms with E-state index < -0.39 is 0 Å². The monoisotopic (exact) mass is 407 g/mol. The van der Waals surface area contributed by atoms with Crippen LogP contribution >= 0.6 is 0 Å². The van der Waals surface area contributed by atoms with Crippen LogP contribution in [0.2, 0.25) is 0 Å². The fourth-order valence-corrected chi connectivity index (χ4v) is 2.66. The summed E-state index contributed by atoms with van der Waals surface area (Å²) >= 11 is 0. The molecular weight excluding hydrogens is 382 g/mol. The number of nitrogens with one attached hydrogen (secondary N) is 1. The molecule has 0 aliphatic rings. The summed E-state index contributed by atoms with van der Waals surface area (Å²) in [6.45, 7) is 1.90. The molecule has 0 aromatic heterocycles. The van der Waals surface area contributed by atoms with Crippen molar-refractivity contribution in [2.45, 2.75) is 13.3 Å². The molecule has 0 bridgehead atoms. The minimum atomic E-state index is -0.167. The Hall–Kier alpha value is -3.67. The molecule has 0 aliphatic heterocycles. The summed E-state index contributed by atoms with van der Waals surface area (Å²) in [5, 5.41) is 8.02. The van der Waals surface area contributed by atoms with E-state index in [1.54, 1.807) is 43.5 Å². The lowest BCUT2D eigenvalue weighted by molar-refractivity contribution is -0.113. The average molecular weight is 407 g/mol. The number of hydrogen-bond acceptors (Lipinski definition) is 6. The second kappa shape index (κ2) is 11.4. The van der Waals surface area contributed by atoms with Gasteiger partial charge in [0.05, 0.1) is 20.6 Å². The fraction of sp³-hybridized carbons (Fsp3) is 0.208. The van der Waals surface area contributed by atoms with Crippen molar-refractivity contribution < 1.29 is 23.8 Å².